The van der Waals surface area contributed by atoms with E-state index in [1.807, 2.05) is 6.07 Å². The minimum Gasteiger partial charge on any atom is -0.497 e. The van der Waals surface area contributed by atoms with E-state index < -0.39 is 6.03 Å². The van der Waals surface area contributed by atoms with E-state index in [1.54, 1.807) is 55.6 Å². The lowest BCUT2D eigenvalue weighted by Crippen LogP contribution is -2.43. The van der Waals surface area contributed by atoms with Crippen molar-refractivity contribution in [3.63, 3.8) is 0 Å². The highest BCUT2D eigenvalue weighted by atomic mass is 16.5. The number of urea groups is 1. The minimum absolute atomic E-state index is 0.528. The van der Waals surface area contributed by atoms with Gasteiger partial charge in [-0.3, -0.25) is 4.79 Å². The molecule has 0 unspecified atom stereocenters. The van der Waals surface area contributed by atoms with Gasteiger partial charge in [-0.2, -0.15) is 0 Å². The molecule has 2 N–H and O–H groups in total. The van der Waals surface area contributed by atoms with E-state index in [4.69, 9.17) is 4.74 Å². The average Bonchev–Trinajstić information content (AvgIpc) is 2.53. The summed E-state index contributed by atoms with van der Waals surface area (Å²) in [6, 6.07) is 15.2. The number of hydrogen-bond acceptors (Lipinski definition) is 3. The summed E-state index contributed by atoms with van der Waals surface area (Å²) >= 11 is 0. The number of benzene rings is 2. The zero-order chi connectivity index (χ0) is 15.1. The predicted octanol–water partition coefficient (Wildman–Crippen LogP) is 2.39. The Balaban J connectivity index is 2.01. The Morgan fingerprint density at radius 3 is 2.57 bits per heavy atom. The van der Waals surface area contributed by atoms with Crippen molar-refractivity contribution in [3.05, 3.63) is 54.6 Å². The topological polar surface area (TPSA) is 70.7 Å². The Kier molecular flexibility index (Phi) is 4.76. The zero-order valence-electron chi connectivity index (χ0n) is 11.4. The molecule has 3 amide bonds. The molecule has 108 valence electrons. The molecule has 0 aliphatic rings. The van der Waals surface area contributed by atoms with Crippen molar-refractivity contribution < 1.29 is 14.3 Å². The van der Waals surface area contributed by atoms with Crippen molar-refractivity contribution >= 4 is 23.8 Å². The quantitative estimate of drug-likeness (QED) is 0.654. The van der Waals surface area contributed by atoms with Crippen molar-refractivity contribution in [1.82, 2.24) is 5.43 Å². The molecule has 0 bridgehead atoms. The first-order valence-electron chi connectivity index (χ1n) is 6.24. The molecule has 0 aromatic heterocycles. The Morgan fingerprint density at radius 2 is 1.90 bits per heavy atom. The summed E-state index contributed by atoms with van der Waals surface area (Å²) in [6.07, 6.45) is 0.528. The van der Waals surface area contributed by atoms with E-state index in [0.29, 0.717) is 23.5 Å². The van der Waals surface area contributed by atoms with Crippen LogP contribution in [-0.4, -0.2) is 19.6 Å². The molecule has 2 aromatic carbocycles. The summed E-state index contributed by atoms with van der Waals surface area (Å²) in [6.45, 7) is 0. The molecule has 21 heavy (non-hydrogen) atoms. The van der Waals surface area contributed by atoms with Gasteiger partial charge in [0.1, 0.15) is 5.75 Å². The molecule has 0 radical (unpaired) electrons. The van der Waals surface area contributed by atoms with Gasteiger partial charge in [0.05, 0.1) is 12.8 Å². The smallest absolute Gasteiger partial charge is 0.338 e. The van der Waals surface area contributed by atoms with Gasteiger partial charge in [0.2, 0.25) is 6.41 Å². The Morgan fingerprint density at radius 1 is 1.14 bits per heavy atom. The number of carbonyl (C=O) groups excluding carboxylic acids is 2. The predicted molar refractivity (Wildman–Crippen MR) is 80.1 cm³/mol. The second-order valence-corrected chi connectivity index (χ2v) is 4.11. The normalized spacial score (nSPS) is 9.57. The molecule has 6 nitrogen and oxygen atoms in total. The first-order valence-corrected chi connectivity index (χ1v) is 6.24. The SMILES string of the molecule is COc1cccc(NC(=O)NN(C=O)c2ccccc2)c1. The van der Waals surface area contributed by atoms with Crippen molar-refractivity contribution in [3.8, 4) is 5.75 Å². The summed E-state index contributed by atoms with van der Waals surface area (Å²) in [4.78, 5) is 22.9. The molecule has 0 aliphatic carbocycles. The fourth-order valence-corrected chi connectivity index (χ4v) is 1.71. The van der Waals surface area contributed by atoms with Gasteiger partial charge in [0.15, 0.2) is 0 Å². The van der Waals surface area contributed by atoms with E-state index in [-0.39, 0.29) is 0 Å². The molecule has 0 saturated heterocycles. The van der Waals surface area contributed by atoms with Gasteiger partial charge in [-0.1, -0.05) is 24.3 Å². The van der Waals surface area contributed by atoms with Crippen LogP contribution < -0.4 is 20.5 Å². The molecule has 2 rings (SSSR count). The lowest BCUT2D eigenvalue weighted by atomic mass is 10.3. The monoisotopic (exact) mass is 285 g/mol. The second kappa shape index (κ2) is 6.95. The molecule has 0 heterocycles. The highest BCUT2D eigenvalue weighted by Gasteiger charge is 2.09. The van der Waals surface area contributed by atoms with Crippen LogP contribution in [0.5, 0.6) is 5.75 Å². The molecule has 0 fully saturated rings. The van der Waals surface area contributed by atoms with Gasteiger partial charge >= 0.3 is 6.03 Å². The van der Waals surface area contributed by atoms with Crippen LogP contribution in [0.4, 0.5) is 16.2 Å². The number of rotatable bonds is 5. The fourth-order valence-electron chi connectivity index (χ4n) is 1.71. The highest BCUT2D eigenvalue weighted by molar-refractivity contribution is 5.93. The van der Waals surface area contributed by atoms with Crippen molar-refractivity contribution in [1.29, 1.82) is 0 Å². The summed E-state index contributed by atoms with van der Waals surface area (Å²) in [7, 11) is 1.54. The largest absolute Gasteiger partial charge is 0.497 e. The third-order valence-corrected chi connectivity index (χ3v) is 2.69. The van der Waals surface area contributed by atoms with Crippen LogP contribution in [0.3, 0.4) is 0 Å². The number of methoxy groups -OCH3 is 1. The number of ether oxygens (including phenoxy) is 1. The van der Waals surface area contributed by atoms with Crippen LogP contribution in [0.15, 0.2) is 54.6 Å². The number of nitrogens with zero attached hydrogens (tertiary/aromatic N) is 1. The molecule has 2 aromatic rings. The van der Waals surface area contributed by atoms with Crippen molar-refractivity contribution in [2.45, 2.75) is 0 Å². The standard InChI is InChI=1S/C15H15N3O3/c1-21-14-9-5-6-12(10-14)16-15(20)17-18(11-19)13-7-3-2-4-8-13/h2-11H,1H3,(H2,16,17,20). The van der Waals surface area contributed by atoms with Gasteiger partial charge in [-0.25, -0.2) is 15.2 Å². The first-order chi connectivity index (χ1) is 10.2. The number of amides is 3. The summed E-state index contributed by atoms with van der Waals surface area (Å²) in [5, 5.41) is 3.71. The number of anilines is 2. The van der Waals surface area contributed by atoms with Crippen LogP contribution in [-0.2, 0) is 4.79 Å². The maximum absolute atomic E-state index is 11.9. The summed E-state index contributed by atoms with van der Waals surface area (Å²) in [5.74, 6) is 0.628. The second-order valence-electron chi connectivity index (χ2n) is 4.11. The third kappa shape index (κ3) is 3.97. The van der Waals surface area contributed by atoms with E-state index in [1.165, 1.54) is 0 Å². The van der Waals surface area contributed by atoms with E-state index in [9.17, 15) is 9.59 Å². The highest BCUT2D eigenvalue weighted by Crippen LogP contribution is 2.16. The van der Waals surface area contributed by atoms with Gasteiger partial charge in [-0.15, -0.1) is 0 Å². The molecule has 6 heteroatoms. The Labute approximate surface area is 122 Å². The van der Waals surface area contributed by atoms with Gasteiger partial charge in [-0.05, 0) is 24.3 Å². The van der Waals surface area contributed by atoms with Crippen LogP contribution in [0.2, 0.25) is 0 Å². The average molecular weight is 285 g/mol. The number of hydrogen-bond donors (Lipinski definition) is 2. The molecular weight excluding hydrogens is 270 g/mol. The first kappa shape index (κ1) is 14.4. The minimum atomic E-state index is -0.529. The summed E-state index contributed by atoms with van der Waals surface area (Å²) in [5.41, 5.74) is 3.57. The molecule has 0 aliphatic heterocycles. The summed E-state index contributed by atoms with van der Waals surface area (Å²) < 4.78 is 5.07. The fraction of sp³-hybridized carbons (Fsp3) is 0.0667. The van der Waals surface area contributed by atoms with E-state index in [2.05, 4.69) is 10.7 Å². The number of carbonyl (C=O) groups is 2. The van der Waals surface area contributed by atoms with Gasteiger partial charge < -0.3 is 10.1 Å². The Hall–Kier alpha value is -3.02. The number of para-hydroxylation sites is 1. The van der Waals surface area contributed by atoms with Crippen molar-refractivity contribution in [2.24, 2.45) is 0 Å². The van der Waals surface area contributed by atoms with E-state index in [0.717, 1.165) is 5.01 Å². The third-order valence-electron chi connectivity index (χ3n) is 2.69. The van der Waals surface area contributed by atoms with Crippen molar-refractivity contribution in [2.75, 3.05) is 17.4 Å². The molecule has 0 saturated carbocycles. The molecule has 0 atom stereocenters. The van der Waals surface area contributed by atoms with Gasteiger partial charge in [0.25, 0.3) is 0 Å². The van der Waals surface area contributed by atoms with Crippen LogP contribution in [0.25, 0.3) is 0 Å². The lowest BCUT2D eigenvalue weighted by Gasteiger charge is -2.18. The van der Waals surface area contributed by atoms with Crippen LogP contribution in [0, 0.1) is 0 Å². The van der Waals surface area contributed by atoms with E-state index >= 15 is 0 Å². The number of hydrazine groups is 1. The Bertz CT molecular complexity index is 617. The maximum Gasteiger partial charge on any atom is 0.338 e. The van der Waals surface area contributed by atoms with Gasteiger partial charge in [0, 0.05) is 11.8 Å². The van der Waals surface area contributed by atoms with Crippen LogP contribution >= 0.6 is 0 Å². The van der Waals surface area contributed by atoms with Crippen LogP contribution in [0.1, 0.15) is 0 Å². The lowest BCUT2D eigenvalue weighted by molar-refractivity contribution is -0.107. The number of nitrogens with one attached hydrogen (secondary N) is 2. The maximum atomic E-state index is 11.9. The zero-order valence-corrected chi connectivity index (χ0v) is 11.4. The molecular formula is C15H15N3O3. The molecule has 0 spiro atoms.